The Labute approximate surface area is 101 Å². The van der Waals surface area contributed by atoms with E-state index in [1.54, 1.807) is 6.92 Å². The Balaban J connectivity index is 2.22. The number of carboxylic acids is 1. The number of carbonyl (C=O) groups is 1. The van der Waals surface area contributed by atoms with Crippen molar-refractivity contribution >= 4 is 15.8 Å². The highest BCUT2D eigenvalue weighted by molar-refractivity contribution is 7.91. The maximum absolute atomic E-state index is 11.6. The maximum atomic E-state index is 11.6. The second-order valence-electron chi connectivity index (χ2n) is 5.77. The molecule has 0 amide bonds. The molecule has 0 bridgehead atoms. The van der Waals surface area contributed by atoms with Gasteiger partial charge >= 0.3 is 5.97 Å². The van der Waals surface area contributed by atoms with Crippen molar-refractivity contribution in [3.05, 3.63) is 0 Å². The Hall–Kier alpha value is -0.620. The molecular formula is C11H18O5S. The van der Waals surface area contributed by atoms with E-state index in [1.807, 2.05) is 0 Å². The lowest BCUT2D eigenvalue weighted by Gasteiger charge is -2.53. The quantitative estimate of drug-likeness (QED) is 0.753. The van der Waals surface area contributed by atoms with Gasteiger partial charge in [0.2, 0.25) is 0 Å². The molecule has 0 aromatic carbocycles. The van der Waals surface area contributed by atoms with Crippen molar-refractivity contribution in [3.63, 3.8) is 0 Å². The molecule has 5 nitrogen and oxygen atoms in total. The van der Waals surface area contributed by atoms with E-state index in [2.05, 4.69) is 0 Å². The SMILES string of the molecule is CC1(O)CC(C(=O)O)(C2CCCS(=O)(=O)C2)C1. The van der Waals surface area contributed by atoms with Gasteiger partial charge in [0, 0.05) is 0 Å². The van der Waals surface area contributed by atoms with Crippen LogP contribution < -0.4 is 0 Å². The first kappa shape index (κ1) is 12.8. The van der Waals surface area contributed by atoms with E-state index in [0.29, 0.717) is 12.8 Å². The number of hydrogen-bond donors (Lipinski definition) is 2. The molecule has 98 valence electrons. The van der Waals surface area contributed by atoms with Crippen molar-refractivity contribution in [1.29, 1.82) is 0 Å². The molecule has 2 rings (SSSR count). The predicted octanol–water partition coefficient (Wildman–Crippen LogP) is 0.427. The molecule has 0 spiro atoms. The average Bonchev–Trinajstić information content (AvgIpc) is 2.11. The monoisotopic (exact) mass is 262 g/mol. The molecule has 6 heteroatoms. The molecule has 2 N–H and O–H groups in total. The van der Waals surface area contributed by atoms with Crippen molar-refractivity contribution in [2.45, 2.75) is 38.2 Å². The Morgan fingerprint density at radius 3 is 2.35 bits per heavy atom. The van der Waals surface area contributed by atoms with Crippen molar-refractivity contribution < 1.29 is 23.4 Å². The Morgan fingerprint density at radius 2 is 1.94 bits per heavy atom. The Morgan fingerprint density at radius 1 is 1.35 bits per heavy atom. The van der Waals surface area contributed by atoms with Gasteiger partial charge in [0.25, 0.3) is 0 Å². The van der Waals surface area contributed by atoms with Gasteiger partial charge < -0.3 is 10.2 Å². The molecule has 2 fully saturated rings. The third kappa shape index (κ3) is 2.20. The highest BCUT2D eigenvalue weighted by Gasteiger charge is 2.61. The molecule has 1 aliphatic carbocycles. The second kappa shape index (κ2) is 3.68. The van der Waals surface area contributed by atoms with E-state index < -0.39 is 26.8 Å². The molecular weight excluding hydrogens is 244 g/mol. The van der Waals surface area contributed by atoms with Gasteiger partial charge in [0.1, 0.15) is 0 Å². The largest absolute Gasteiger partial charge is 0.481 e. The van der Waals surface area contributed by atoms with Crippen molar-refractivity contribution in [2.24, 2.45) is 11.3 Å². The topological polar surface area (TPSA) is 91.7 Å². The molecule has 1 saturated carbocycles. The van der Waals surface area contributed by atoms with E-state index >= 15 is 0 Å². The normalized spacial score (nSPS) is 44.9. The summed E-state index contributed by atoms with van der Waals surface area (Å²) in [5.74, 6) is -1.20. The molecule has 1 saturated heterocycles. The minimum atomic E-state index is -3.11. The minimum absolute atomic E-state index is 0.0463. The highest BCUT2D eigenvalue weighted by atomic mass is 32.2. The molecule has 17 heavy (non-hydrogen) atoms. The summed E-state index contributed by atoms with van der Waals surface area (Å²) < 4.78 is 23.2. The molecule has 1 heterocycles. The van der Waals surface area contributed by atoms with Crippen molar-refractivity contribution in [1.82, 2.24) is 0 Å². The van der Waals surface area contributed by atoms with Gasteiger partial charge in [-0.25, -0.2) is 8.42 Å². The van der Waals surface area contributed by atoms with Gasteiger partial charge in [-0.3, -0.25) is 4.79 Å². The van der Waals surface area contributed by atoms with Gasteiger partial charge in [-0.05, 0) is 38.5 Å². The first-order valence-corrected chi connectivity index (χ1v) is 7.65. The van der Waals surface area contributed by atoms with Crippen LogP contribution in [0.3, 0.4) is 0 Å². The molecule has 1 atom stereocenters. The number of rotatable bonds is 2. The second-order valence-corrected chi connectivity index (χ2v) is 7.99. The summed E-state index contributed by atoms with van der Waals surface area (Å²) in [6.45, 7) is 1.60. The summed E-state index contributed by atoms with van der Waals surface area (Å²) >= 11 is 0. The summed E-state index contributed by atoms with van der Waals surface area (Å²) in [4.78, 5) is 11.4. The third-order valence-electron chi connectivity index (χ3n) is 4.06. The zero-order chi connectivity index (χ0) is 12.9. The van der Waals surface area contributed by atoms with Crippen LogP contribution >= 0.6 is 0 Å². The fourth-order valence-corrected chi connectivity index (χ4v) is 5.25. The van der Waals surface area contributed by atoms with Gasteiger partial charge in [-0.15, -0.1) is 0 Å². The smallest absolute Gasteiger partial charge is 0.310 e. The van der Waals surface area contributed by atoms with Gasteiger partial charge in [0.05, 0.1) is 22.5 Å². The Bertz CT molecular complexity index is 429. The van der Waals surface area contributed by atoms with Crippen LogP contribution in [0.2, 0.25) is 0 Å². The lowest BCUT2D eigenvalue weighted by Crippen LogP contribution is -2.59. The van der Waals surface area contributed by atoms with E-state index in [9.17, 15) is 23.4 Å². The number of hydrogen-bond acceptors (Lipinski definition) is 4. The molecule has 1 aliphatic heterocycles. The number of carboxylic acid groups (broad SMARTS) is 1. The first-order valence-electron chi connectivity index (χ1n) is 5.83. The van der Waals surface area contributed by atoms with E-state index in [0.717, 1.165) is 0 Å². The van der Waals surface area contributed by atoms with E-state index in [1.165, 1.54) is 0 Å². The summed E-state index contributed by atoms with van der Waals surface area (Å²) in [7, 11) is -3.11. The predicted molar refractivity (Wildman–Crippen MR) is 61.3 cm³/mol. The van der Waals surface area contributed by atoms with Crippen LogP contribution in [-0.4, -0.2) is 41.7 Å². The number of aliphatic hydroxyl groups is 1. The van der Waals surface area contributed by atoms with Crippen LogP contribution in [0.1, 0.15) is 32.6 Å². The Kier molecular flexibility index (Phi) is 2.78. The zero-order valence-electron chi connectivity index (χ0n) is 9.85. The molecule has 2 aliphatic rings. The number of sulfone groups is 1. The van der Waals surface area contributed by atoms with E-state index in [4.69, 9.17) is 0 Å². The lowest BCUT2D eigenvalue weighted by atomic mass is 9.53. The highest BCUT2D eigenvalue weighted by Crippen LogP contribution is 2.55. The van der Waals surface area contributed by atoms with Crippen molar-refractivity contribution in [2.75, 3.05) is 11.5 Å². The van der Waals surface area contributed by atoms with Crippen LogP contribution in [0.4, 0.5) is 0 Å². The van der Waals surface area contributed by atoms with Gasteiger partial charge in [0.15, 0.2) is 9.84 Å². The van der Waals surface area contributed by atoms with Crippen molar-refractivity contribution in [3.8, 4) is 0 Å². The summed E-state index contributed by atoms with van der Waals surface area (Å²) in [5.41, 5.74) is -1.99. The molecule has 1 unspecified atom stereocenters. The first-order chi connectivity index (χ1) is 7.67. The standard InChI is InChI=1S/C11H18O5S/c1-10(14)6-11(7-10,9(12)13)8-3-2-4-17(15,16)5-8/h8,14H,2-7H2,1H3,(H,12,13). The zero-order valence-corrected chi connectivity index (χ0v) is 10.7. The molecule has 0 aromatic rings. The van der Waals surface area contributed by atoms with Crippen LogP contribution in [-0.2, 0) is 14.6 Å². The van der Waals surface area contributed by atoms with Gasteiger partial charge in [-0.2, -0.15) is 0 Å². The average molecular weight is 262 g/mol. The van der Waals surface area contributed by atoms with Crippen LogP contribution in [0.5, 0.6) is 0 Å². The maximum Gasteiger partial charge on any atom is 0.310 e. The van der Waals surface area contributed by atoms with Gasteiger partial charge in [-0.1, -0.05) is 0 Å². The van der Waals surface area contributed by atoms with Crippen LogP contribution in [0.25, 0.3) is 0 Å². The fraction of sp³-hybridized carbons (Fsp3) is 0.909. The summed E-state index contributed by atoms with van der Waals surface area (Å²) in [6.07, 6.45) is 1.48. The summed E-state index contributed by atoms with van der Waals surface area (Å²) in [6, 6.07) is 0. The third-order valence-corrected chi connectivity index (χ3v) is 5.88. The summed E-state index contributed by atoms with van der Waals surface area (Å²) in [5, 5.41) is 19.1. The minimum Gasteiger partial charge on any atom is -0.481 e. The van der Waals surface area contributed by atoms with E-state index in [-0.39, 0.29) is 30.3 Å². The fourth-order valence-electron chi connectivity index (χ4n) is 3.38. The van der Waals surface area contributed by atoms with Crippen LogP contribution in [0.15, 0.2) is 0 Å². The van der Waals surface area contributed by atoms with Crippen LogP contribution in [0, 0.1) is 11.3 Å². The number of aliphatic carboxylic acids is 1. The molecule has 0 radical (unpaired) electrons. The lowest BCUT2D eigenvalue weighted by molar-refractivity contribution is -0.187. The molecule has 0 aromatic heterocycles.